The van der Waals surface area contributed by atoms with E-state index in [0.29, 0.717) is 17.5 Å². The standard InChI is InChI=1S/C15H24N2O3/c1-11(2)16-9-12-6-7-13(14(8-12)19-5)20-10-15(18)17(3)4/h6-8,11,16H,9-10H2,1-5H3. The Morgan fingerprint density at radius 2 is 2.00 bits per heavy atom. The van der Waals surface area contributed by atoms with Crippen molar-refractivity contribution in [3.63, 3.8) is 0 Å². The van der Waals surface area contributed by atoms with E-state index in [-0.39, 0.29) is 12.5 Å². The number of hydrogen-bond acceptors (Lipinski definition) is 4. The van der Waals surface area contributed by atoms with Gasteiger partial charge in [0.1, 0.15) is 0 Å². The monoisotopic (exact) mass is 280 g/mol. The first-order valence-corrected chi connectivity index (χ1v) is 6.67. The summed E-state index contributed by atoms with van der Waals surface area (Å²) in [6.45, 7) is 4.97. The maximum atomic E-state index is 11.5. The van der Waals surface area contributed by atoms with Crippen LogP contribution < -0.4 is 14.8 Å². The SMILES string of the molecule is COc1cc(CNC(C)C)ccc1OCC(=O)N(C)C. The summed E-state index contributed by atoms with van der Waals surface area (Å²) in [5.41, 5.74) is 1.11. The molecule has 1 N–H and O–H groups in total. The first-order chi connectivity index (χ1) is 9.43. The first kappa shape index (κ1) is 16.3. The summed E-state index contributed by atoms with van der Waals surface area (Å²) >= 11 is 0. The van der Waals surface area contributed by atoms with E-state index in [1.807, 2.05) is 18.2 Å². The molecule has 0 aliphatic carbocycles. The van der Waals surface area contributed by atoms with E-state index in [1.54, 1.807) is 21.2 Å². The Bertz CT molecular complexity index is 445. The number of benzene rings is 1. The summed E-state index contributed by atoms with van der Waals surface area (Å²) in [6.07, 6.45) is 0. The quantitative estimate of drug-likeness (QED) is 0.825. The number of rotatable bonds is 7. The minimum atomic E-state index is -0.0856. The number of amides is 1. The lowest BCUT2D eigenvalue weighted by molar-refractivity contribution is -0.130. The molecule has 0 aliphatic heterocycles. The minimum Gasteiger partial charge on any atom is -0.493 e. The Balaban J connectivity index is 2.70. The van der Waals surface area contributed by atoms with Gasteiger partial charge in [0, 0.05) is 26.7 Å². The number of likely N-dealkylation sites (N-methyl/N-ethyl adjacent to an activating group) is 1. The predicted octanol–water partition coefficient (Wildman–Crippen LogP) is 1.66. The van der Waals surface area contributed by atoms with Gasteiger partial charge in [-0.15, -0.1) is 0 Å². The van der Waals surface area contributed by atoms with Crippen molar-refractivity contribution >= 4 is 5.91 Å². The number of hydrogen-bond donors (Lipinski definition) is 1. The van der Waals surface area contributed by atoms with Crippen LogP contribution in [0.4, 0.5) is 0 Å². The lowest BCUT2D eigenvalue weighted by Gasteiger charge is -2.15. The van der Waals surface area contributed by atoms with E-state index in [4.69, 9.17) is 9.47 Å². The van der Waals surface area contributed by atoms with Crippen LogP contribution in [0.3, 0.4) is 0 Å². The van der Waals surface area contributed by atoms with Crippen LogP contribution in [0.1, 0.15) is 19.4 Å². The average Bonchev–Trinajstić information content (AvgIpc) is 2.42. The molecule has 1 aromatic carbocycles. The van der Waals surface area contributed by atoms with Gasteiger partial charge in [0.25, 0.3) is 5.91 Å². The van der Waals surface area contributed by atoms with Gasteiger partial charge in [0.2, 0.25) is 0 Å². The molecule has 0 aromatic heterocycles. The fraction of sp³-hybridized carbons (Fsp3) is 0.533. The van der Waals surface area contributed by atoms with E-state index in [1.165, 1.54) is 4.90 Å². The maximum absolute atomic E-state index is 11.5. The molecule has 0 aliphatic rings. The number of methoxy groups -OCH3 is 1. The van der Waals surface area contributed by atoms with Crippen molar-refractivity contribution < 1.29 is 14.3 Å². The number of ether oxygens (including phenoxy) is 2. The van der Waals surface area contributed by atoms with Crippen LogP contribution in [0.5, 0.6) is 11.5 Å². The first-order valence-electron chi connectivity index (χ1n) is 6.67. The van der Waals surface area contributed by atoms with Crippen molar-refractivity contribution in [3.8, 4) is 11.5 Å². The minimum absolute atomic E-state index is 0.00690. The van der Waals surface area contributed by atoms with Crippen LogP contribution in [-0.2, 0) is 11.3 Å². The van der Waals surface area contributed by atoms with Crippen LogP contribution in [0, 0.1) is 0 Å². The van der Waals surface area contributed by atoms with E-state index >= 15 is 0 Å². The zero-order chi connectivity index (χ0) is 15.1. The molecule has 0 heterocycles. The maximum Gasteiger partial charge on any atom is 0.259 e. The zero-order valence-corrected chi connectivity index (χ0v) is 12.9. The summed E-state index contributed by atoms with van der Waals surface area (Å²) in [6, 6.07) is 6.15. The highest BCUT2D eigenvalue weighted by Crippen LogP contribution is 2.28. The highest BCUT2D eigenvalue weighted by Gasteiger charge is 2.10. The molecule has 0 atom stereocenters. The van der Waals surface area contributed by atoms with Gasteiger partial charge in [-0.3, -0.25) is 4.79 Å². The predicted molar refractivity (Wildman–Crippen MR) is 79.2 cm³/mol. The molecule has 0 fully saturated rings. The largest absolute Gasteiger partial charge is 0.493 e. The van der Waals surface area contributed by atoms with Crippen molar-refractivity contribution in [1.29, 1.82) is 0 Å². The van der Waals surface area contributed by atoms with Crippen molar-refractivity contribution in [1.82, 2.24) is 10.2 Å². The Morgan fingerprint density at radius 1 is 1.30 bits per heavy atom. The summed E-state index contributed by atoms with van der Waals surface area (Å²) < 4.78 is 10.8. The molecule has 1 amide bonds. The topological polar surface area (TPSA) is 50.8 Å². The van der Waals surface area contributed by atoms with E-state index in [2.05, 4.69) is 19.2 Å². The van der Waals surface area contributed by atoms with Gasteiger partial charge < -0.3 is 19.7 Å². The van der Waals surface area contributed by atoms with Crippen molar-refractivity contribution in [2.75, 3.05) is 27.8 Å². The van der Waals surface area contributed by atoms with Crippen LogP contribution >= 0.6 is 0 Å². The van der Waals surface area contributed by atoms with Crippen LogP contribution in [0.2, 0.25) is 0 Å². The van der Waals surface area contributed by atoms with Gasteiger partial charge in [0.05, 0.1) is 7.11 Å². The lowest BCUT2D eigenvalue weighted by Crippen LogP contribution is -2.27. The van der Waals surface area contributed by atoms with E-state index in [9.17, 15) is 4.79 Å². The molecule has 0 radical (unpaired) electrons. The highest BCUT2D eigenvalue weighted by molar-refractivity contribution is 5.77. The van der Waals surface area contributed by atoms with Crippen LogP contribution in [-0.4, -0.2) is 44.7 Å². The summed E-state index contributed by atoms with van der Waals surface area (Å²) in [5, 5.41) is 3.34. The second kappa shape index (κ2) is 7.75. The van der Waals surface area contributed by atoms with Gasteiger partial charge in [-0.2, -0.15) is 0 Å². The molecule has 5 heteroatoms. The normalized spacial score (nSPS) is 10.5. The fourth-order valence-electron chi connectivity index (χ4n) is 1.53. The van der Waals surface area contributed by atoms with Gasteiger partial charge in [0.15, 0.2) is 18.1 Å². The number of carbonyl (C=O) groups excluding carboxylic acids is 1. The third-order valence-electron chi connectivity index (χ3n) is 2.79. The Morgan fingerprint density at radius 3 is 2.55 bits per heavy atom. The summed E-state index contributed by atoms with van der Waals surface area (Å²) in [7, 11) is 4.99. The Kier molecular flexibility index (Phi) is 6.31. The van der Waals surface area contributed by atoms with Crippen LogP contribution in [0.25, 0.3) is 0 Å². The molecule has 0 unspecified atom stereocenters. The van der Waals surface area contributed by atoms with Gasteiger partial charge >= 0.3 is 0 Å². The number of nitrogens with one attached hydrogen (secondary N) is 1. The fourth-order valence-corrected chi connectivity index (χ4v) is 1.53. The number of carbonyl (C=O) groups is 1. The molecular formula is C15H24N2O3. The van der Waals surface area contributed by atoms with Crippen molar-refractivity contribution in [3.05, 3.63) is 23.8 Å². The number of nitrogens with zero attached hydrogens (tertiary/aromatic N) is 1. The van der Waals surface area contributed by atoms with Crippen molar-refractivity contribution in [2.45, 2.75) is 26.4 Å². The van der Waals surface area contributed by atoms with Crippen molar-refractivity contribution in [2.24, 2.45) is 0 Å². The van der Waals surface area contributed by atoms with E-state index < -0.39 is 0 Å². The molecule has 0 saturated heterocycles. The molecule has 0 bridgehead atoms. The molecule has 0 spiro atoms. The molecule has 1 rings (SSSR count). The molecule has 20 heavy (non-hydrogen) atoms. The zero-order valence-electron chi connectivity index (χ0n) is 12.9. The summed E-state index contributed by atoms with van der Waals surface area (Å²) in [4.78, 5) is 13.0. The summed E-state index contributed by atoms with van der Waals surface area (Å²) in [5.74, 6) is 1.13. The third-order valence-corrected chi connectivity index (χ3v) is 2.79. The van der Waals surface area contributed by atoms with Gasteiger partial charge in [-0.05, 0) is 17.7 Å². The van der Waals surface area contributed by atoms with E-state index in [0.717, 1.165) is 12.1 Å². The second-order valence-corrected chi connectivity index (χ2v) is 5.10. The Hall–Kier alpha value is -1.75. The molecule has 1 aromatic rings. The molecule has 0 saturated carbocycles. The molecular weight excluding hydrogens is 256 g/mol. The average molecular weight is 280 g/mol. The van der Waals surface area contributed by atoms with Gasteiger partial charge in [-0.25, -0.2) is 0 Å². The molecule has 5 nitrogen and oxygen atoms in total. The smallest absolute Gasteiger partial charge is 0.259 e. The highest BCUT2D eigenvalue weighted by atomic mass is 16.5. The van der Waals surface area contributed by atoms with Gasteiger partial charge in [-0.1, -0.05) is 19.9 Å². The molecule has 112 valence electrons. The Labute approximate surface area is 120 Å². The second-order valence-electron chi connectivity index (χ2n) is 5.10. The lowest BCUT2D eigenvalue weighted by atomic mass is 10.2. The third kappa shape index (κ3) is 5.09. The van der Waals surface area contributed by atoms with Crippen LogP contribution in [0.15, 0.2) is 18.2 Å².